The number of hydrogen-bond donors (Lipinski definition) is 0. The first-order valence-corrected chi connectivity index (χ1v) is 7.07. The van der Waals surface area contributed by atoms with Gasteiger partial charge in [-0.15, -0.1) is 0 Å². The van der Waals surface area contributed by atoms with E-state index in [4.69, 9.17) is 17.0 Å². The Balaban J connectivity index is 2.19. The van der Waals surface area contributed by atoms with Crippen molar-refractivity contribution in [1.82, 2.24) is 4.90 Å². The van der Waals surface area contributed by atoms with Crippen LogP contribution in [0, 0.1) is 10.1 Å². The van der Waals surface area contributed by atoms with E-state index in [-0.39, 0.29) is 17.0 Å². The van der Waals surface area contributed by atoms with E-state index >= 15 is 0 Å². The van der Waals surface area contributed by atoms with E-state index in [1.165, 1.54) is 18.2 Å². The van der Waals surface area contributed by atoms with E-state index in [9.17, 15) is 14.9 Å². The van der Waals surface area contributed by atoms with Gasteiger partial charge in [-0.3, -0.25) is 14.9 Å². The highest BCUT2D eigenvalue weighted by molar-refractivity contribution is 7.80. The molecule has 118 valence electrons. The molecule has 6 nitrogen and oxygen atoms in total. The van der Waals surface area contributed by atoms with Gasteiger partial charge >= 0.3 is 0 Å². The monoisotopic (exact) mass is 330 g/mol. The lowest BCUT2D eigenvalue weighted by Gasteiger charge is -2.14. The van der Waals surface area contributed by atoms with Crippen molar-refractivity contribution < 1.29 is 14.5 Å². The van der Waals surface area contributed by atoms with Crippen molar-refractivity contribution in [3.8, 4) is 5.75 Å². The SMILES string of the molecule is CN(C)C(=S)Oc1ccc(C(=O)c2cccc([N+](=O)[O-])c2)cc1. The molecule has 0 aliphatic rings. The Morgan fingerprint density at radius 1 is 1.13 bits per heavy atom. The second-order valence-electron chi connectivity index (χ2n) is 4.92. The van der Waals surface area contributed by atoms with Crippen LogP contribution in [0.5, 0.6) is 5.75 Å². The predicted molar refractivity (Wildman–Crippen MR) is 89.9 cm³/mol. The number of ether oxygens (including phenoxy) is 1. The Hall–Kier alpha value is -2.80. The van der Waals surface area contributed by atoms with Gasteiger partial charge in [-0.2, -0.15) is 0 Å². The maximum absolute atomic E-state index is 12.4. The summed E-state index contributed by atoms with van der Waals surface area (Å²) in [6.07, 6.45) is 0. The number of rotatable bonds is 4. The Labute approximate surface area is 138 Å². The Morgan fingerprint density at radius 3 is 2.35 bits per heavy atom. The molecule has 0 saturated heterocycles. The predicted octanol–water partition coefficient (Wildman–Crippen LogP) is 3.05. The number of non-ortho nitro benzene ring substituents is 1. The smallest absolute Gasteiger partial charge is 0.270 e. The number of nitro benzene ring substituents is 1. The van der Waals surface area contributed by atoms with Gasteiger partial charge in [0.15, 0.2) is 5.78 Å². The van der Waals surface area contributed by atoms with Crippen molar-refractivity contribution in [2.75, 3.05) is 14.1 Å². The van der Waals surface area contributed by atoms with Gasteiger partial charge in [0.05, 0.1) is 4.92 Å². The second-order valence-corrected chi connectivity index (χ2v) is 5.27. The van der Waals surface area contributed by atoms with Crippen molar-refractivity contribution >= 4 is 28.9 Å². The third kappa shape index (κ3) is 4.10. The first-order chi connectivity index (χ1) is 10.9. The maximum Gasteiger partial charge on any atom is 0.270 e. The van der Waals surface area contributed by atoms with Crippen LogP contribution >= 0.6 is 12.2 Å². The lowest BCUT2D eigenvalue weighted by atomic mass is 10.0. The fourth-order valence-electron chi connectivity index (χ4n) is 1.79. The van der Waals surface area contributed by atoms with Crippen LogP contribution in [0.4, 0.5) is 5.69 Å². The number of carbonyl (C=O) groups excluding carboxylic acids is 1. The number of nitro groups is 1. The molecule has 0 fully saturated rings. The number of ketones is 1. The zero-order valence-electron chi connectivity index (χ0n) is 12.6. The average molecular weight is 330 g/mol. The number of benzene rings is 2. The lowest BCUT2D eigenvalue weighted by Crippen LogP contribution is -2.24. The third-order valence-electron chi connectivity index (χ3n) is 3.01. The van der Waals surface area contributed by atoms with Crippen LogP contribution in [-0.2, 0) is 0 Å². The molecule has 0 heterocycles. The summed E-state index contributed by atoms with van der Waals surface area (Å²) in [5.74, 6) is 0.217. The van der Waals surface area contributed by atoms with Gasteiger partial charge in [0.1, 0.15) is 5.75 Å². The standard InChI is InChI=1S/C16H14N2O4S/c1-17(2)16(23)22-14-8-6-11(7-9-14)15(19)12-4-3-5-13(10-12)18(20)21/h3-10H,1-2H3. The Bertz CT molecular complexity index is 757. The molecule has 0 bridgehead atoms. The molecule has 0 aliphatic heterocycles. The summed E-state index contributed by atoms with van der Waals surface area (Å²) in [4.78, 5) is 24.3. The molecule has 0 unspecified atom stereocenters. The summed E-state index contributed by atoms with van der Waals surface area (Å²) in [7, 11) is 3.53. The van der Waals surface area contributed by atoms with Crippen LogP contribution in [0.1, 0.15) is 15.9 Å². The van der Waals surface area contributed by atoms with Gasteiger partial charge in [0.2, 0.25) is 0 Å². The van der Waals surface area contributed by atoms with Crippen LogP contribution < -0.4 is 4.74 Å². The first-order valence-electron chi connectivity index (χ1n) is 6.67. The van der Waals surface area contributed by atoms with Crippen molar-refractivity contribution in [2.45, 2.75) is 0 Å². The van der Waals surface area contributed by atoms with E-state index in [2.05, 4.69) is 0 Å². The fraction of sp³-hybridized carbons (Fsp3) is 0.125. The van der Waals surface area contributed by atoms with Crippen molar-refractivity contribution in [1.29, 1.82) is 0 Å². The van der Waals surface area contributed by atoms with Crippen molar-refractivity contribution in [3.05, 3.63) is 69.8 Å². The average Bonchev–Trinajstić information content (AvgIpc) is 2.55. The Morgan fingerprint density at radius 2 is 1.78 bits per heavy atom. The summed E-state index contributed by atoms with van der Waals surface area (Å²) in [5, 5.41) is 11.1. The maximum atomic E-state index is 12.4. The summed E-state index contributed by atoms with van der Waals surface area (Å²) in [5.41, 5.74) is 0.553. The normalized spacial score (nSPS) is 10.0. The zero-order valence-corrected chi connectivity index (χ0v) is 13.4. The topological polar surface area (TPSA) is 72.7 Å². The highest BCUT2D eigenvalue weighted by atomic mass is 32.1. The van der Waals surface area contributed by atoms with Gasteiger partial charge < -0.3 is 9.64 Å². The van der Waals surface area contributed by atoms with E-state index in [1.54, 1.807) is 49.3 Å². The minimum absolute atomic E-state index is 0.118. The molecule has 23 heavy (non-hydrogen) atoms. The van der Waals surface area contributed by atoms with E-state index in [1.807, 2.05) is 0 Å². The van der Waals surface area contributed by atoms with Gasteiger partial charge in [-0.1, -0.05) is 12.1 Å². The molecule has 0 spiro atoms. The van der Waals surface area contributed by atoms with Crippen LogP contribution in [0.25, 0.3) is 0 Å². The lowest BCUT2D eigenvalue weighted by molar-refractivity contribution is -0.384. The van der Waals surface area contributed by atoms with Gasteiger partial charge in [-0.05, 0) is 36.5 Å². The molecule has 0 amide bonds. The van der Waals surface area contributed by atoms with Crippen molar-refractivity contribution in [3.63, 3.8) is 0 Å². The van der Waals surface area contributed by atoms with E-state index in [0.717, 1.165) is 0 Å². The minimum atomic E-state index is -0.532. The summed E-state index contributed by atoms with van der Waals surface area (Å²) >= 11 is 5.03. The second kappa shape index (κ2) is 6.97. The number of hydrogen-bond acceptors (Lipinski definition) is 5. The number of carbonyl (C=O) groups is 1. The summed E-state index contributed by atoms with van der Waals surface area (Å²) in [6, 6.07) is 12.1. The molecule has 7 heteroatoms. The highest BCUT2D eigenvalue weighted by Crippen LogP contribution is 2.19. The van der Waals surface area contributed by atoms with Crippen LogP contribution in [0.2, 0.25) is 0 Å². The minimum Gasteiger partial charge on any atom is -0.432 e. The highest BCUT2D eigenvalue weighted by Gasteiger charge is 2.13. The van der Waals surface area contributed by atoms with Gasteiger partial charge in [0, 0.05) is 37.4 Å². The number of nitrogens with zero attached hydrogens (tertiary/aromatic N) is 2. The molecule has 2 aromatic carbocycles. The molecule has 0 saturated carbocycles. The first kappa shape index (κ1) is 16.6. The van der Waals surface area contributed by atoms with E-state index < -0.39 is 4.92 Å². The van der Waals surface area contributed by atoms with Gasteiger partial charge in [-0.25, -0.2) is 0 Å². The quantitative estimate of drug-likeness (QED) is 0.371. The molecule has 0 radical (unpaired) electrons. The molecule has 0 aromatic heterocycles. The summed E-state index contributed by atoms with van der Waals surface area (Å²) < 4.78 is 5.42. The molecular weight excluding hydrogens is 316 g/mol. The third-order valence-corrected chi connectivity index (χ3v) is 3.45. The van der Waals surface area contributed by atoms with Crippen molar-refractivity contribution in [2.24, 2.45) is 0 Å². The fourth-order valence-corrected chi connectivity index (χ4v) is 1.89. The number of thiocarbonyl (C=S) groups is 1. The molecule has 2 aromatic rings. The zero-order chi connectivity index (χ0) is 17.0. The van der Waals surface area contributed by atoms with Crippen LogP contribution in [0.15, 0.2) is 48.5 Å². The van der Waals surface area contributed by atoms with E-state index in [0.29, 0.717) is 16.5 Å². The summed E-state index contributed by atoms with van der Waals surface area (Å²) in [6.45, 7) is 0. The molecule has 2 rings (SSSR count). The molecular formula is C16H14N2O4S. The van der Waals surface area contributed by atoms with Crippen LogP contribution in [-0.4, -0.2) is 34.9 Å². The molecule has 0 N–H and O–H groups in total. The molecule has 0 aliphatic carbocycles. The Kier molecular flexibility index (Phi) is 5.02. The van der Waals surface area contributed by atoms with Gasteiger partial charge in [0.25, 0.3) is 10.9 Å². The van der Waals surface area contributed by atoms with Crippen LogP contribution in [0.3, 0.4) is 0 Å². The largest absolute Gasteiger partial charge is 0.432 e. The molecule has 0 atom stereocenters.